The molecular weight excluding hydrogens is 362 g/mol. The van der Waals surface area contributed by atoms with E-state index >= 15 is 0 Å². The van der Waals surface area contributed by atoms with Crippen LogP contribution in [0.5, 0.6) is 11.5 Å². The van der Waals surface area contributed by atoms with Crippen molar-refractivity contribution in [3.8, 4) is 22.8 Å². The van der Waals surface area contributed by atoms with Crippen LogP contribution in [0, 0.1) is 0 Å². The summed E-state index contributed by atoms with van der Waals surface area (Å²) in [6.45, 7) is 0.238. The SMILES string of the molecule is COc1ccc(OC)c(-c2csc(NC(=O)CN(C)c3ccccc3)n2)c1. The van der Waals surface area contributed by atoms with Crippen LogP contribution in [0.2, 0.25) is 0 Å². The van der Waals surface area contributed by atoms with Gasteiger partial charge in [-0.05, 0) is 30.3 Å². The lowest BCUT2D eigenvalue weighted by atomic mass is 10.1. The number of amides is 1. The quantitative estimate of drug-likeness (QED) is 0.670. The van der Waals surface area contributed by atoms with Gasteiger partial charge in [-0.25, -0.2) is 4.98 Å². The van der Waals surface area contributed by atoms with Crippen molar-refractivity contribution in [3.63, 3.8) is 0 Å². The first-order chi connectivity index (χ1) is 13.1. The highest BCUT2D eigenvalue weighted by Gasteiger charge is 2.14. The second kappa shape index (κ2) is 8.55. The van der Waals surface area contributed by atoms with Crippen LogP contribution in [0.15, 0.2) is 53.9 Å². The summed E-state index contributed by atoms with van der Waals surface area (Å²) in [6, 6.07) is 15.3. The highest BCUT2D eigenvalue weighted by Crippen LogP contribution is 2.35. The highest BCUT2D eigenvalue weighted by molar-refractivity contribution is 7.14. The number of ether oxygens (including phenoxy) is 2. The van der Waals surface area contributed by atoms with Crippen LogP contribution < -0.4 is 19.7 Å². The van der Waals surface area contributed by atoms with Crippen molar-refractivity contribution in [3.05, 3.63) is 53.9 Å². The van der Waals surface area contributed by atoms with Crippen LogP contribution in [-0.2, 0) is 4.79 Å². The molecule has 0 bridgehead atoms. The van der Waals surface area contributed by atoms with E-state index in [1.165, 1.54) is 11.3 Å². The maximum Gasteiger partial charge on any atom is 0.245 e. The summed E-state index contributed by atoms with van der Waals surface area (Å²) >= 11 is 1.37. The Morgan fingerprint density at radius 2 is 1.93 bits per heavy atom. The van der Waals surface area contributed by atoms with Crippen molar-refractivity contribution in [2.45, 2.75) is 0 Å². The largest absolute Gasteiger partial charge is 0.497 e. The van der Waals surface area contributed by atoms with Gasteiger partial charge in [-0.3, -0.25) is 4.79 Å². The monoisotopic (exact) mass is 383 g/mol. The zero-order valence-electron chi connectivity index (χ0n) is 15.4. The van der Waals surface area contributed by atoms with Crippen molar-refractivity contribution < 1.29 is 14.3 Å². The van der Waals surface area contributed by atoms with Crippen molar-refractivity contribution in [1.29, 1.82) is 0 Å². The first-order valence-corrected chi connectivity index (χ1v) is 9.22. The summed E-state index contributed by atoms with van der Waals surface area (Å²) in [5.74, 6) is 1.29. The Bertz CT molecular complexity index is 912. The fraction of sp³-hybridized carbons (Fsp3) is 0.200. The van der Waals surface area contributed by atoms with E-state index in [1.807, 2.05) is 65.9 Å². The minimum atomic E-state index is -0.125. The number of anilines is 2. The molecule has 1 N–H and O–H groups in total. The Balaban J connectivity index is 1.70. The minimum absolute atomic E-state index is 0.125. The summed E-state index contributed by atoms with van der Waals surface area (Å²) < 4.78 is 10.7. The zero-order valence-corrected chi connectivity index (χ0v) is 16.2. The molecule has 7 heteroatoms. The topological polar surface area (TPSA) is 63.7 Å². The molecule has 0 atom stereocenters. The predicted octanol–water partition coefficient (Wildman–Crippen LogP) is 3.90. The lowest BCUT2D eigenvalue weighted by Crippen LogP contribution is -2.29. The third-order valence-corrected chi connectivity index (χ3v) is 4.77. The Hall–Kier alpha value is -3.06. The molecule has 1 amide bonds. The molecule has 0 aliphatic carbocycles. The molecular formula is C20H21N3O3S. The number of carbonyl (C=O) groups is 1. The van der Waals surface area contributed by atoms with Gasteiger partial charge in [-0.1, -0.05) is 18.2 Å². The number of rotatable bonds is 7. The normalized spacial score (nSPS) is 10.3. The van der Waals surface area contributed by atoms with Crippen molar-refractivity contribution >= 4 is 28.1 Å². The van der Waals surface area contributed by atoms with E-state index in [4.69, 9.17) is 9.47 Å². The molecule has 3 aromatic rings. The molecule has 0 radical (unpaired) electrons. The van der Waals surface area contributed by atoms with E-state index in [1.54, 1.807) is 14.2 Å². The van der Waals surface area contributed by atoms with Crippen LogP contribution in [0.4, 0.5) is 10.8 Å². The summed E-state index contributed by atoms with van der Waals surface area (Å²) in [6.07, 6.45) is 0. The molecule has 6 nitrogen and oxygen atoms in total. The number of aromatic nitrogens is 1. The fourth-order valence-electron chi connectivity index (χ4n) is 2.62. The molecule has 1 heterocycles. The van der Waals surface area contributed by atoms with Crippen molar-refractivity contribution in [2.75, 3.05) is 38.0 Å². The molecule has 0 saturated carbocycles. The molecule has 1 aromatic heterocycles. The van der Waals surface area contributed by atoms with E-state index in [2.05, 4.69) is 10.3 Å². The minimum Gasteiger partial charge on any atom is -0.497 e. The number of thiazole rings is 1. The van der Waals surface area contributed by atoms with Crippen LogP contribution in [0.25, 0.3) is 11.3 Å². The molecule has 27 heavy (non-hydrogen) atoms. The first kappa shape index (κ1) is 18.7. The molecule has 0 aliphatic heterocycles. The third kappa shape index (κ3) is 4.57. The van der Waals surface area contributed by atoms with Gasteiger partial charge in [0.2, 0.25) is 5.91 Å². The van der Waals surface area contributed by atoms with E-state index in [0.29, 0.717) is 16.6 Å². The molecule has 0 saturated heterocycles. The van der Waals surface area contributed by atoms with Gasteiger partial charge in [0.25, 0.3) is 0 Å². The molecule has 140 valence electrons. The molecule has 0 aliphatic rings. The number of methoxy groups -OCH3 is 2. The predicted molar refractivity (Wildman–Crippen MR) is 109 cm³/mol. The standard InChI is InChI=1S/C20H21N3O3S/c1-23(14-7-5-4-6-8-14)12-19(24)22-20-21-17(13-27-20)16-11-15(25-2)9-10-18(16)26-3/h4-11,13H,12H2,1-3H3,(H,21,22,24). The first-order valence-electron chi connectivity index (χ1n) is 8.34. The smallest absolute Gasteiger partial charge is 0.245 e. The van der Waals surface area contributed by atoms with Gasteiger partial charge in [0, 0.05) is 23.7 Å². The average Bonchev–Trinajstić information content (AvgIpc) is 3.16. The van der Waals surface area contributed by atoms with Crippen LogP contribution >= 0.6 is 11.3 Å². The van der Waals surface area contributed by atoms with Crippen molar-refractivity contribution in [1.82, 2.24) is 4.98 Å². The van der Waals surface area contributed by atoms with Gasteiger partial charge in [0.1, 0.15) is 11.5 Å². The Kier molecular flexibility index (Phi) is 5.93. The number of para-hydroxylation sites is 1. The maximum absolute atomic E-state index is 12.3. The molecule has 0 fully saturated rings. The summed E-state index contributed by atoms with van der Waals surface area (Å²) in [5.41, 5.74) is 2.52. The third-order valence-electron chi connectivity index (χ3n) is 4.01. The van der Waals surface area contributed by atoms with E-state index in [-0.39, 0.29) is 12.5 Å². The van der Waals surface area contributed by atoms with Gasteiger partial charge in [0.05, 0.1) is 26.5 Å². The Labute approximate surface area is 162 Å². The van der Waals surface area contributed by atoms with Gasteiger partial charge in [0.15, 0.2) is 5.13 Å². The van der Waals surface area contributed by atoms with Crippen molar-refractivity contribution in [2.24, 2.45) is 0 Å². The number of carbonyl (C=O) groups excluding carboxylic acids is 1. The van der Waals surface area contributed by atoms with E-state index in [0.717, 1.165) is 16.9 Å². The average molecular weight is 383 g/mol. The second-order valence-corrected chi connectivity index (χ2v) is 6.70. The zero-order chi connectivity index (χ0) is 19.2. The summed E-state index contributed by atoms with van der Waals surface area (Å²) in [4.78, 5) is 18.7. The Morgan fingerprint density at radius 1 is 1.15 bits per heavy atom. The van der Waals surface area contributed by atoms with Gasteiger partial charge in [-0.2, -0.15) is 0 Å². The number of benzene rings is 2. The summed E-state index contributed by atoms with van der Waals surface area (Å²) in [5, 5.41) is 5.28. The van der Waals surface area contributed by atoms with Gasteiger partial charge in [-0.15, -0.1) is 11.3 Å². The maximum atomic E-state index is 12.3. The molecule has 0 unspecified atom stereocenters. The van der Waals surface area contributed by atoms with Gasteiger partial charge < -0.3 is 19.7 Å². The number of nitrogens with zero attached hydrogens (tertiary/aromatic N) is 2. The lowest BCUT2D eigenvalue weighted by molar-refractivity contribution is -0.114. The second-order valence-electron chi connectivity index (χ2n) is 5.84. The van der Waals surface area contributed by atoms with Crippen LogP contribution in [0.1, 0.15) is 0 Å². The molecule has 3 rings (SSSR count). The van der Waals surface area contributed by atoms with E-state index < -0.39 is 0 Å². The Morgan fingerprint density at radius 3 is 2.63 bits per heavy atom. The fourth-order valence-corrected chi connectivity index (χ4v) is 3.34. The number of hydrogen-bond acceptors (Lipinski definition) is 6. The highest BCUT2D eigenvalue weighted by atomic mass is 32.1. The number of nitrogens with one attached hydrogen (secondary N) is 1. The number of hydrogen-bond donors (Lipinski definition) is 1. The summed E-state index contributed by atoms with van der Waals surface area (Å²) in [7, 11) is 5.10. The lowest BCUT2D eigenvalue weighted by Gasteiger charge is -2.18. The molecule has 0 spiro atoms. The number of likely N-dealkylation sites (N-methyl/N-ethyl adjacent to an activating group) is 1. The van der Waals surface area contributed by atoms with Crippen LogP contribution in [-0.4, -0.2) is 38.7 Å². The van der Waals surface area contributed by atoms with Gasteiger partial charge >= 0.3 is 0 Å². The molecule has 2 aromatic carbocycles. The van der Waals surface area contributed by atoms with E-state index in [9.17, 15) is 4.79 Å². The van der Waals surface area contributed by atoms with Crippen LogP contribution in [0.3, 0.4) is 0 Å².